The highest BCUT2D eigenvalue weighted by molar-refractivity contribution is 5.80. The summed E-state index contributed by atoms with van der Waals surface area (Å²) >= 11 is 0. The second-order valence-electron chi connectivity index (χ2n) is 4.20. The number of amides is 1. The Morgan fingerprint density at radius 2 is 2.20 bits per heavy atom. The monoisotopic (exact) mass is 214 g/mol. The molecule has 0 aromatic carbocycles. The molecule has 1 unspecified atom stereocenters. The van der Waals surface area contributed by atoms with E-state index < -0.39 is 0 Å². The third-order valence-corrected chi connectivity index (χ3v) is 2.62. The summed E-state index contributed by atoms with van der Waals surface area (Å²) in [7, 11) is 1.71. The van der Waals surface area contributed by atoms with Crippen molar-refractivity contribution < 1.29 is 9.53 Å². The van der Waals surface area contributed by atoms with Crippen molar-refractivity contribution in [1.29, 1.82) is 0 Å². The van der Waals surface area contributed by atoms with Gasteiger partial charge in [0.1, 0.15) is 0 Å². The molecule has 1 rings (SSSR count). The zero-order valence-corrected chi connectivity index (χ0v) is 9.71. The zero-order valence-electron chi connectivity index (χ0n) is 9.71. The van der Waals surface area contributed by atoms with Gasteiger partial charge in [-0.05, 0) is 26.2 Å². The number of ether oxygens (including phenoxy) is 1. The molecule has 15 heavy (non-hydrogen) atoms. The molecule has 0 bridgehead atoms. The molecule has 1 aliphatic rings. The maximum Gasteiger partial charge on any atom is 0.223 e. The molecule has 2 N–H and O–H groups in total. The number of nitrogens with one attached hydrogen (secondary N) is 2. The fraction of sp³-hybridized carbons (Fsp3) is 0.909. The number of methoxy groups -OCH3 is 1. The quantitative estimate of drug-likeness (QED) is 0.579. The maximum absolute atomic E-state index is 11.3. The van der Waals surface area contributed by atoms with E-state index in [1.165, 1.54) is 0 Å². The lowest BCUT2D eigenvalue weighted by Crippen LogP contribution is -2.36. The molecule has 88 valence electrons. The van der Waals surface area contributed by atoms with Crippen LogP contribution in [-0.2, 0) is 9.53 Å². The van der Waals surface area contributed by atoms with Gasteiger partial charge in [-0.1, -0.05) is 0 Å². The van der Waals surface area contributed by atoms with Crippen LogP contribution in [0.5, 0.6) is 0 Å². The Labute approximate surface area is 91.8 Å². The Hall–Kier alpha value is -0.610. The van der Waals surface area contributed by atoms with Gasteiger partial charge < -0.3 is 15.4 Å². The summed E-state index contributed by atoms with van der Waals surface area (Å²) in [6.07, 6.45) is 3.15. The molecule has 1 aliphatic carbocycles. The average Bonchev–Trinajstić information content (AvgIpc) is 3.04. The molecular weight excluding hydrogens is 192 g/mol. The van der Waals surface area contributed by atoms with E-state index in [0.29, 0.717) is 12.0 Å². The van der Waals surface area contributed by atoms with Gasteiger partial charge in [-0.3, -0.25) is 4.79 Å². The predicted octanol–water partition coefficient (Wildman–Crippen LogP) is 0.527. The Morgan fingerprint density at radius 3 is 2.80 bits per heavy atom. The Kier molecular flexibility index (Phi) is 5.65. The second kappa shape index (κ2) is 6.80. The zero-order chi connectivity index (χ0) is 11.1. The molecule has 1 amide bonds. The van der Waals surface area contributed by atoms with Crippen LogP contribution < -0.4 is 10.6 Å². The Morgan fingerprint density at radius 1 is 1.47 bits per heavy atom. The first-order chi connectivity index (χ1) is 7.24. The van der Waals surface area contributed by atoms with Gasteiger partial charge in [0.25, 0.3) is 0 Å². The van der Waals surface area contributed by atoms with Crippen LogP contribution in [0.4, 0.5) is 0 Å². The second-order valence-corrected chi connectivity index (χ2v) is 4.20. The van der Waals surface area contributed by atoms with E-state index in [-0.39, 0.29) is 5.91 Å². The van der Waals surface area contributed by atoms with E-state index in [4.69, 9.17) is 4.74 Å². The molecule has 1 atom stereocenters. The van der Waals surface area contributed by atoms with E-state index in [0.717, 1.165) is 39.0 Å². The minimum absolute atomic E-state index is 0.223. The molecule has 0 heterocycles. The van der Waals surface area contributed by atoms with Crippen LogP contribution in [0.15, 0.2) is 0 Å². The van der Waals surface area contributed by atoms with Crippen molar-refractivity contribution in [3.63, 3.8) is 0 Å². The highest BCUT2D eigenvalue weighted by atomic mass is 16.5. The average molecular weight is 214 g/mol. The lowest BCUT2D eigenvalue weighted by Gasteiger charge is -2.13. The smallest absolute Gasteiger partial charge is 0.223 e. The van der Waals surface area contributed by atoms with E-state index in [1.54, 1.807) is 7.11 Å². The van der Waals surface area contributed by atoms with Gasteiger partial charge in [-0.2, -0.15) is 0 Å². The van der Waals surface area contributed by atoms with Crippen LogP contribution in [-0.4, -0.2) is 38.8 Å². The van der Waals surface area contributed by atoms with Gasteiger partial charge in [0.15, 0.2) is 0 Å². The molecule has 0 aromatic rings. The highest BCUT2D eigenvalue weighted by Crippen LogP contribution is 2.28. The summed E-state index contributed by atoms with van der Waals surface area (Å²) in [4.78, 5) is 11.3. The minimum Gasteiger partial charge on any atom is -0.385 e. The standard InChI is InChI=1S/C11H22N2O2/c1-9(5-8-15-2)12-6-7-13-11(14)10-3-4-10/h9-10,12H,3-8H2,1-2H3,(H,13,14). The largest absolute Gasteiger partial charge is 0.385 e. The summed E-state index contributed by atoms with van der Waals surface area (Å²) < 4.78 is 4.99. The van der Waals surface area contributed by atoms with Gasteiger partial charge in [-0.15, -0.1) is 0 Å². The SMILES string of the molecule is COCCC(C)NCCNC(=O)C1CC1. The van der Waals surface area contributed by atoms with Crippen LogP contribution in [0.1, 0.15) is 26.2 Å². The number of hydrogen-bond acceptors (Lipinski definition) is 3. The van der Waals surface area contributed by atoms with E-state index in [9.17, 15) is 4.79 Å². The molecule has 0 radical (unpaired) electrons. The van der Waals surface area contributed by atoms with E-state index in [2.05, 4.69) is 17.6 Å². The first-order valence-corrected chi connectivity index (χ1v) is 5.74. The summed E-state index contributed by atoms with van der Waals surface area (Å²) in [5.41, 5.74) is 0. The maximum atomic E-state index is 11.3. The first-order valence-electron chi connectivity index (χ1n) is 5.74. The molecule has 1 fully saturated rings. The number of carbonyl (C=O) groups excluding carboxylic acids is 1. The fourth-order valence-corrected chi connectivity index (χ4v) is 1.39. The van der Waals surface area contributed by atoms with Crippen LogP contribution in [0.2, 0.25) is 0 Å². The molecule has 0 aromatic heterocycles. The molecule has 4 heteroatoms. The Balaban J connectivity index is 1.89. The summed E-state index contributed by atoms with van der Waals surface area (Å²) in [6.45, 7) is 4.47. The van der Waals surface area contributed by atoms with Crippen molar-refractivity contribution in [3.8, 4) is 0 Å². The van der Waals surface area contributed by atoms with Crippen molar-refractivity contribution in [2.45, 2.75) is 32.2 Å². The minimum atomic E-state index is 0.223. The molecular formula is C11H22N2O2. The molecule has 0 aliphatic heterocycles. The predicted molar refractivity (Wildman–Crippen MR) is 59.7 cm³/mol. The summed E-state index contributed by atoms with van der Waals surface area (Å²) in [5, 5.41) is 6.26. The summed E-state index contributed by atoms with van der Waals surface area (Å²) in [5.74, 6) is 0.539. The number of rotatable bonds is 8. The van der Waals surface area contributed by atoms with Crippen molar-refractivity contribution in [2.75, 3.05) is 26.8 Å². The van der Waals surface area contributed by atoms with Crippen molar-refractivity contribution in [3.05, 3.63) is 0 Å². The Bertz CT molecular complexity index is 193. The first kappa shape index (κ1) is 12.5. The van der Waals surface area contributed by atoms with Crippen molar-refractivity contribution >= 4 is 5.91 Å². The highest BCUT2D eigenvalue weighted by Gasteiger charge is 2.28. The van der Waals surface area contributed by atoms with Crippen molar-refractivity contribution in [1.82, 2.24) is 10.6 Å². The van der Waals surface area contributed by atoms with Gasteiger partial charge in [-0.25, -0.2) is 0 Å². The van der Waals surface area contributed by atoms with Crippen LogP contribution in [0, 0.1) is 5.92 Å². The van der Waals surface area contributed by atoms with Gasteiger partial charge >= 0.3 is 0 Å². The third-order valence-electron chi connectivity index (χ3n) is 2.62. The normalized spacial score (nSPS) is 17.5. The molecule has 4 nitrogen and oxygen atoms in total. The van der Waals surface area contributed by atoms with E-state index >= 15 is 0 Å². The molecule has 1 saturated carbocycles. The number of carbonyl (C=O) groups is 1. The van der Waals surface area contributed by atoms with Crippen molar-refractivity contribution in [2.24, 2.45) is 5.92 Å². The third kappa shape index (κ3) is 5.74. The van der Waals surface area contributed by atoms with Crippen LogP contribution in [0.25, 0.3) is 0 Å². The molecule has 0 spiro atoms. The fourth-order valence-electron chi connectivity index (χ4n) is 1.39. The van der Waals surface area contributed by atoms with Crippen LogP contribution in [0.3, 0.4) is 0 Å². The molecule has 0 saturated heterocycles. The van der Waals surface area contributed by atoms with E-state index in [1.807, 2.05) is 0 Å². The lowest BCUT2D eigenvalue weighted by atomic mass is 10.2. The topological polar surface area (TPSA) is 50.4 Å². The van der Waals surface area contributed by atoms with Crippen LogP contribution >= 0.6 is 0 Å². The number of hydrogen-bond donors (Lipinski definition) is 2. The van der Waals surface area contributed by atoms with Gasteiger partial charge in [0.2, 0.25) is 5.91 Å². The lowest BCUT2D eigenvalue weighted by molar-refractivity contribution is -0.122. The van der Waals surface area contributed by atoms with Gasteiger partial charge in [0, 0.05) is 38.8 Å². The summed E-state index contributed by atoms with van der Waals surface area (Å²) in [6, 6.07) is 0.447. The van der Waals surface area contributed by atoms with Gasteiger partial charge in [0.05, 0.1) is 0 Å².